The lowest BCUT2D eigenvalue weighted by molar-refractivity contribution is 0.0783. The van der Waals surface area contributed by atoms with E-state index in [4.69, 9.17) is 15.9 Å². The normalized spacial score (nSPS) is 13.2. The number of nitrogen functional groups attached to an aromatic ring is 1. The highest BCUT2D eigenvalue weighted by Gasteiger charge is 2.06. The van der Waals surface area contributed by atoms with Gasteiger partial charge in [0.05, 0.1) is 23.7 Å². The minimum absolute atomic E-state index is 0.242. The van der Waals surface area contributed by atoms with E-state index in [2.05, 4.69) is 21.0 Å². The van der Waals surface area contributed by atoms with Crippen LogP contribution in [0.4, 0.5) is 5.82 Å². The number of hydrogen-bond acceptors (Lipinski definition) is 4. The van der Waals surface area contributed by atoms with Gasteiger partial charge < -0.3 is 15.9 Å². The quantitative estimate of drug-likeness (QED) is 0.665. The van der Waals surface area contributed by atoms with Crippen molar-refractivity contribution in [2.45, 2.75) is 12.6 Å². The van der Waals surface area contributed by atoms with E-state index in [1.54, 1.807) is 6.20 Å². The lowest BCUT2D eigenvalue weighted by Gasteiger charge is -2.05. The van der Waals surface area contributed by atoms with Gasteiger partial charge in [-0.2, -0.15) is 5.10 Å². The Morgan fingerprint density at radius 2 is 2.42 bits per heavy atom. The van der Waals surface area contributed by atoms with Gasteiger partial charge >= 0.3 is 0 Å². The van der Waals surface area contributed by atoms with Crippen LogP contribution < -0.4 is 5.73 Å². The number of aliphatic hydroxyl groups excluding tert-OH is 2. The van der Waals surface area contributed by atoms with Gasteiger partial charge in [0, 0.05) is 6.20 Å². The molecule has 0 aliphatic rings. The van der Waals surface area contributed by atoms with Crippen LogP contribution in [0.1, 0.15) is 0 Å². The van der Waals surface area contributed by atoms with Crippen molar-refractivity contribution in [1.29, 1.82) is 0 Å². The predicted octanol–water partition coefficient (Wildman–Crippen LogP) is -0.419. The van der Waals surface area contributed by atoms with E-state index in [0.29, 0.717) is 10.3 Å². The highest BCUT2D eigenvalue weighted by molar-refractivity contribution is 9.10. The number of rotatable bonds is 3. The second-order valence-corrected chi connectivity index (χ2v) is 3.28. The molecule has 0 bridgehead atoms. The molecule has 0 spiro atoms. The zero-order valence-electron chi connectivity index (χ0n) is 6.31. The van der Waals surface area contributed by atoms with Crippen molar-refractivity contribution in [1.82, 2.24) is 9.78 Å². The van der Waals surface area contributed by atoms with E-state index < -0.39 is 6.10 Å². The van der Waals surface area contributed by atoms with Gasteiger partial charge in [0.2, 0.25) is 0 Å². The van der Waals surface area contributed by atoms with Gasteiger partial charge in [-0.15, -0.1) is 0 Å². The van der Waals surface area contributed by atoms with Gasteiger partial charge in [0.1, 0.15) is 0 Å². The number of hydrogen-bond donors (Lipinski definition) is 3. The molecule has 0 aliphatic carbocycles. The fourth-order valence-electron chi connectivity index (χ4n) is 0.779. The second-order valence-electron chi connectivity index (χ2n) is 2.42. The van der Waals surface area contributed by atoms with Crippen molar-refractivity contribution in [3.63, 3.8) is 0 Å². The van der Waals surface area contributed by atoms with Gasteiger partial charge in [0.25, 0.3) is 0 Å². The molecule has 1 aromatic rings. The molecule has 1 unspecified atom stereocenters. The van der Waals surface area contributed by atoms with Crippen LogP contribution in [-0.2, 0) is 6.54 Å². The maximum atomic E-state index is 9.04. The van der Waals surface area contributed by atoms with E-state index in [1.165, 1.54) is 4.68 Å². The third-order valence-electron chi connectivity index (χ3n) is 1.35. The van der Waals surface area contributed by atoms with Crippen molar-refractivity contribution in [2.24, 2.45) is 0 Å². The summed E-state index contributed by atoms with van der Waals surface area (Å²) >= 11 is 3.18. The molecular weight excluding hydrogens is 226 g/mol. The Kier molecular flexibility index (Phi) is 3.07. The molecule has 1 heterocycles. The number of anilines is 1. The van der Waals surface area contributed by atoms with E-state index in [0.717, 1.165) is 0 Å². The summed E-state index contributed by atoms with van der Waals surface area (Å²) in [6.07, 6.45) is 0.852. The topological polar surface area (TPSA) is 84.3 Å². The fraction of sp³-hybridized carbons (Fsp3) is 0.500. The minimum Gasteiger partial charge on any atom is -0.394 e. The molecular formula is C6H10BrN3O2. The first kappa shape index (κ1) is 9.50. The SMILES string of the molecule is Nc1nn(CC(O)CO)cc1Br. The van der Waals surface area contributed by atoms with E-state index in [-0.39, 0.29) is 13.2 Å². The highest BCUT2D eigenvalue weighted by atomic mass is 79.9. The number of nitrogens with two attached hydrogens (primary N) is 1. The first-order valence-corrected chi connectivity index (χ1v) is 4.20. The largest absolute Gasteiger partial charge is 0.394 e. The van der Waals surface area contributed by atoms with E-state index >= 15 is 0 Å². The molecule has 68 valence electrons. The monoisotopic (exact) mass is 235 g/mol. The molecule has 6 heteroatoms. The van der Waals surface area contributed by atoms with Gasteiger partial charge in [0.15, 0.2) is 5.82 Å². The third-order valence-corrected chi connectivity index (χ3v) is 1.96. The minimum atomic E-state index is -0.795. The summed E-state index contributed by atoms with van der Waals surface area (Å²) in [7, 11) is 0. The molecule has 0 aromatic carbocycles. The van der Waals surface area contributed by atoms with Crippen LogP contribution in [0.25, 0.3) is 0 Å². The summed E-state index contributed by atoms with van der Waals surface area (Å²) < 4.78 is 2.16. The van der Waals surface area contributed by atoms with Crippen LogP contribution in [0.15, 0.2) is 10.7 Å². The molecule has 0 aliphatic heterocycles. The summed E-state index contributed by atoms with van der Waals surface area (Å²) in [6, 6.07) is 0. The maximum Gasteiger partial charge on any atom is 0.159 e. The van der Waals surface area contributed by atoms with Gasteiger partial charge in [-0.3, -0.25) is 4.68 Å². The molecule has 12 heavy (non-hydrogen) atoms. The van der Waals surface area contributed by atoms with Crippen molar-refractivity contribution in [2.75, 3.05) is 12.3 Å². The molecule has 0 amide bonds. The molecule has 1 rings (SSSR count). The Morgan fingerprint density at radius 3 is 2.83 bits per heavy atom. The predicted molar refractivity (Wildman–Crippen MR) is 47.4 cm³/mol. The molecule has 1 aromatic heterocycles. The Morgan fingerprint density at radius 1 is 1.75 bits per heavy atom. The Labute approximate surface area is 77.9 Å². The number of aromatic nitrogens is 2. The second kappa shape index (κ2) is 3.88. The van der Waals surface area contributed by atoms with Gasteiger partial charge in [-0.1, -0.05) is 0 Å². The third kappa shape index (κ3) is 2.20. The highest BCUT2D eigenvalue weighted by Crippen LogP contribution is 2.16. The van der Waals surface area contributed by atoms with Crippen molar-refractivity contribution in [3.05, 3.63) is 10.7 Å². The first-order chi connectivity index (χ1) is 5.63. The Balaban J connectivity index is 2.64. The summed E-state index contributed by atoms with van der Waals surface area (Å²) in [5.41, 5.74) is 5.43. The van der Waals surface area contributed by atoms with Crippen molar-refractivity contribution < 1.29 is 10.2 Å². The average molecular weight is 236 g/mol. The zero-order valence-corrected chi connectivity index (χ0v) is 7.90. The number of aliphatic hydroxyl groups is 2. The summed E-state index contributed by atoms with van der Waals surface area (Å²) in [6.45, 7) is -0.0380. The Bertz CT molecular complexity index is 244. The summed E-state index contributed by atoms with van der Waals surface area (Å²) in [4.78, 5) is 0. The van der Waals surface area contributed by atoms with Gasteiger partial charge in [-0.05, 0) is 15.9 Å². The van der Waals surface area contributed by atoms with Crippen LogP contribution in [0.2, 0.25) is 0 Å². The molecule has 5 nitrogen and oxygen atoms in total. The maximum absolute atomic E-state index is 9.04. The van der Waals surface area contributed by atoms with Crippen molar-refractivity contribution in [3.8, 4) is 0 Å². The molecule has 0 saturated heterocycles. The van der Waals surface area contributed by atoms with Crippen molar-refractivity contribution >= 4 is 21.7 Å². The number of halogens is 1. The zero-order chi connectivity index (χ0) is 9.14. The average Bonchev–Trinajstić information content (AvgIpc) is 2.31. The first-order valence-electron chi connectivity index (χ1n) is 3.41. The van der Waals surface area contributed by atoms with Crippen LogP contribution in [-0.4, -0.2) is 32.7 Å². The van der Waals surface area contributed by atoms with Crippen LogP contribution in [0.3, 0.4) is 0 Å². The Hall–Kier alpha value is -0.590. The standard InChI is InChI=1S/C6H10BrN3O2/c7-5-2-10(9-6(5)8)1-4(12)3-11/h2,4,11-12H,1,3H2,(H2,8,9). The number of nitrogens with zero attached hydrogens (tertiary/aromatic N) is 2. The smallest absolute Gasteiger partial charge is 0.159 e. The van der Waals surface area contributed by atoms with Crippen LogP contribution in [0.5, 0.6) is 0 Å². The lowest BCUT2D eigenvalue weighted by atomic mass is 10.4. The molecule has 1 atom stereocenters. The molecule has 0 fully saturated rings. The lowest BCUT2D eigenvalue weighted by Crippen LogP contribution is -2.20. The van der Waals surface area contributed by atoms with Crippen LogP contribution in [0, 0.1) is 0 Å². The van der Waals surface area contributed by atoms with E-state index in [1.807, 2.05) is 0 Å². The van der Waals surface area contributed by atoms with E-state index in [9.17, 15) is 0 Å². The van der Waals surface area contributed by atoms with Gasteiger partial charge in [-0.25, -0.2) is 0 Å². The summed E-state index contributed by atoms with van der Waals surface area (Å²) in [5.74, 6) is 0.375. The molecule has 4 N–H and O–H groups in total. The molecule has 0 radical (unpaired) electrons. The molecule has 0 saturated carbocycles. The summed E-state index contributed by atoms with van der Waals surface area (Å²) in [5, 5.41) is 21.5. The fourth-order valence-corrected chi connectivity index (χ4v) is 1.09. The van der Waals surface area contributed by atoms with Crippen LogP contribution >= 0.6 is 15.9 Å².